The molecule has 1 N–H and O–H groups in total. The van der Waals surface area contributed by atoms with Crippen molar-refractivity contribution < 1.29 is 9.68 Å². The maximum absolute atomic E-state index is 9.04. The van der Waals surface area contributed by atoms with Crippen molar-refractivity contribution in [1.82, 2.24) is 0 Å². The van der Waals surface area contributed by atoms with Gasteiger partial charge in [-0.15, -0.1) is 0 Å². The van der Waals surface area contributed by atoms with E-state index in [4.69, 9.17) is 9.68 Å². The predicted molar refractivity (Wildman–Crippen MR) is 41.7 cm³/mol. The molecule has 0 saturated carbocycles. The van der Waals surface area contributed by atoms with Crippen LogP contribution < -0.4 is 0 Å². The average molecular weight is 142 g/mol. The highest BCUT2D eigenvalue weighted by molar-refractivity contribution is 6.43. The molecule has 1 fully saturated rings. The monoisotopic (exact) mass is 142 g/mol. The van der Waals surface area contributed by atoms with Gasteiger partial charge >= 0.3 is 7.12 Å². The Hall–Kier alpha value is -0.0151. The second kappa shape index (κ2) is 2.55. The summed E-state index contributed by atoms with van der Waals surface area (Å²) in [5.74, 6) is 0.516. The predicted octanol–water partition coefficient (Wildman–Crippen LogP) is 1.16. The molecule has 1 unspecified atom stereocenters. The number of rotatable bonds is 0. The topological polar surface area (TPSA) is 29.5 Å². The van der Waals surface area contributed by atoms with Crippen molar-refractivity contribution in [2.45, 2.75) is 27.1 Å². The molecule has 10 heavy (non-hydrogen) atoms. The molecule has 0 bridgehead atoms. The Kier molecular flexibility index (Phi) is 2.06. The van der Waals surface area contributed by atoms with Gasteiger partial charge in [-0.1, -0.05) is 20.8 Å². The fourth-order valence-electron chi connectivity index (χ4n) is 1.21. The van der Waals surface area contributed by atoms with Gasteiger partial charge in [-0.25, -0.2) is 0 Å². The molecule has 0 aromatic carbocycles. The van der Waals surface area contributed by atoms with Crippen LogP contribution in [0, 0.1) is 11.3 Å². The first kappa shape index (κ1) is 8.09. The van der Waals surface area contributed by atoms with Crippen LogP contribution in [0.3, 0.4) is 0 Å². The van der Waals surface area contributed by atoms with Crippen LogP contribution in [0.25, 0.3) is 0 Å². The fraction of sp³-hybridized carbons (Fsp3) is 1.00. The van der Waals surface area contributed by atoms with E-state index in [1.807, 2.05) is 0 Å². The van der Waals surface area contributed by atoms with Crippen LogP contribution in [0.5, 0.6) is 0 Å². The minimum Gasteiger partial charge on any atom is -0.427 e. The molecule has 1 heterocycles. The van der Waals surface area contributed by atoms with Gasteiger partial charge in [0.2, 0.25) is 0 Å². The van der Waals surface area contributed by atoms with E-state index in [2.05, 4.69) is 20.8 Å². The molecule has 1 saturated heterocycles. The van der Waals surface area contributed by atoms with Crippen LogP contribution >= 0.6 is 0 Å². The first-order valence-corrected chi connectivity index (χ1v) is 3.80. The van der Waals surface area contributed by atoms with Crippen LogP contribution in [-0.2, 0) is 4.65 Å². The molecule has 0 aliphatic carbocycles. The molecule has 1 rings (SSSR count). The molecule has 0 amide bonds. The largest absolute Gasteiger partial charge is 0.454 e. The summed E-state index contributed by atoms with van der Waals surface area (Å²) < 4.78 is 5.05. The molecule has 0 spiro atoms. The van der Waals surface area contributed by atoms with Crippen LogP contribution in [0.2, 0.25) is 6.32 Å². The van der Waals surface area contributed by atoms with Gasteiger partial charge < -0.3 is 9.68 Å². The van der Waals surface area contributed by atoms with Gasteiger partial charge in [-0.2, -0.15) is 0 Å². The summed E-state index contributed by atoms with van der Waals surface area (Å²) in [5, 5.41) is 9.04. The fourth-order valence-corrected chi connectivity index (χ4v) is 1.21. The lowest BCUT2D eigenvalue weighted by molar-refractivity contribution is 0.193. The maximum atomic E-state index is 9.04. The first-order chi connectivity index (χ1) is 4.50. The lowest BCUT2D eigenvalue weighted by Crippen LogP contribution is -2.20. The molecular weight excluding hydrogens is 127 g/mol. The smallest absolute Gasteiger partial charge is 0.427 e. The quantitative estimate of drug-likeness (QED) is 0.514. The first-order valence-electron chi connectivity index (χ1n) is 3.80. The van der Waals surface area contributed by atoms with Gasteiger partial charge in [0.05, 0.1) is 0 Å². The summed E-state index contributed by atoms with van der Waals surface area (Å²) in [6, 6.07) is 0. The summed E-state index contributed by atoms with van der Waals surface area (Å²) in [6.07, 6.45) is 0.795. The zero-order valence-corrected chi connectivity index (χ0v) is 6.92. The Morgan fingerprint density at radius 3 is 2.30 bits per heavy atom. The maximum Gasteiger partial charge on any atom is 0.454 e. The molecule has 0 radical (unpaired) electrons. The minimum absolute atomic E-state index is 0.275. The Morgan fingerprint density at radius 1 is 1.50 bits per heavy atom. The van der Waals surface area contributed by atoms with E-state index in [-0.39, 0.29) is 5.41 Å². The van der Waals surface area contributed by atoms with E-state index in [0.29, 0.717) is 12.5 Å². The normalized spacial score (nSPS) is 27.6. The van der Waals surface area contributed by atoms with Crippen molar-refractivity contribution in [1.29, 1.82) is 0 Å². The van der Waals surface area contributed by atoms with Gasteiger partial charge in [0.15, 0.2) is 0 Å². The van der Waals surface area contributed by atoms with Crippen molar-refractivity contribution in [3.8, 4) is 0 Å². The van der Waals surface area contributed by atoms with E-state index in [1.54, 1.807) is 0 Å². The SMILES string of the molecule is CC(C)(C)C1COB(O)C1. The molecule has 2 nitrogen and oxygen atoms in total. The molecule has 1 atom stereocenters. The molecular formula is C7H15BO2. The van der Waals surface area contributed by atoms with E-state index < -0.39 is 7.12 Å². The Bertz CT molecular complexity index is 119. The standard InChI is InChI=1S/C7H15BO2/c1-7(2,3)6-4-8(9)10-5-6/h6,9H,4-5H2,1-3H3. The lowest BCUT2D eigenvalue weighted by atomic mass is 9.71. The van der Waals surface area contributed by atoms with Crippen LogP contribution in [0.1, 0.15) is 20.8 Å². The second-order valence-corrected chi connectivity index (χ2v) is 4.09. The zero-order valence-electron chi connectivity index (χ0n) is 6.92. The molecule has 1 aliphatic rings. The average Bonchev–Trinajstić information content (AvgIpc) is 2.11. The second-order valence-electron chi connectivity index (χ2n) is 4.09. The van der Waals surface area contributed by atoms with E-state index >= 15 is 0 Å². The van der Waals surface area contributed by atoms with E-state index in [9.17, 15) is 0 Å². The third kappa shape index (κ3) is 1.73. The third-order valence-corrected chi connectivity index (χ3v) is 2.20. The van der Waals surface area contributed by atoms with Crippen LogP contribution in [0.4, 0.5) is 0 Å². The molecule has 3 heteroatoms. The van der Waals surface area contributed by atoms with Gasteiger partial charge in [-0.3, -0.25) is 0 Å². The summed E-state index contributed by atoms with van der Waals surface area (Å²) in [7, 11) is -0.510. The van der Waals surface area contributed by atoms with Gasteiger partial charge in [0.1, 0.15) is 0 Å². The molecule has 1 aliphatic heterocycles. The molecule has 58 valence electrons. The minimum atomic E-state index is -0.510. The third-order valence-electron chi connectivity index (χ3n) is 2.20. The van der Waals surface area contributed by atoms with Crippen molar-refractivity contribution >= 4 is 7.12 Å². The Balaban J connectivity index is 2.45. The van der Waals surface area contributed by atoms with Gasteiger partial charge in [0, 0.05) is 6.61 Å². The van der Waals surface area contributed by atoms with Gasteiger partial charge in [0.25, 0.3) is 0 Å². The van der Waals surface area contributed by atoms with Crippen LogP contribution in [-0.4, -0.2) is 18.7 Å². The molecule has 0 aromatic rings. The highest BCUT2D eigenvalue weighted by atomic mass is 16.5. The lowest BCUT2D eigenvalue weighted by Gasteiger charge is -2.25. The van der Waals surface area contributed by atoms with Gasteiger partial charge in [-0.05, 0) is 17.7 Å². The summed E-state index contributed by atoms with van der Waals surface area (Å²) in [4.78, 5) is 0. The molecule has 0 aromatic heterocycles. The van der Waals surface area contributed by atoms with Crippen molar-refractivity contribution in [3.05, 3.63) is 0 Å². The van der Waals surface area contributed by atoms with Crippen LogP contribution in [0.15, 0.2) is 0 Å². The van der Waals surface area contributed by atoms with Crippen molar-refractivity contribution in [2.24, 2.45) is 11.3 Å². The summed E-state index contributed by atoms with van der Waals surface area (Å²) in [6.45, 7) is 7.25. The number of hydrogen-bond acceptors (Lipinski definition) is 2. The van der Waals surface area contributed by atoms with E-state index in [1.165, 1.54) is 0 Å². The summed E-state index contributed by atoms with van der Waals surface area (Å²) in [5.41, 5.74) is 0.275. The highest BCUT2D eigenvalue weighted by Gasteiger charge is 2.35. The van der Waals surface area contributed by atoms with Crippen molar-refractivity contribution in [2.75, 3.05) is 6.61 Å². The Labute approximate surface area is 62.7 Å². The van der Waals surface area contributed by atoms with Crippen molar-refractivity contribution in [3.63, 3.8) is 0 Å². The zero-order chi connectivity index (χ0) is 7.78. The Morgan fingerprint density at radius 2 is 2.10 bits per heavy atom. The number of hydrogen-bond donors (Lipinski definition) is 1. The summed E-state index contributed by atoms with van der Waals surface area (Å²) >= 11 is 0. The van der Waals surface area contributed by atoms with E-state index in [0.717, 1.165) is 6.32 Å². The highest BCUT2D eigenvalue weighted by Crippen LogP contribution is 2.33.